The van der Waals surface area contributed by atoms with Crippen LogP contribution in [-0.2, 0) is 4.79 Å². The quantitative estimate of drug-likeness (QED) is 0.0425. The molecule has 56 heavy (non-hydrogen) atoms. The van der Waals surface area contributed by atoms with Gasteiger partial charge in [0.05, 0.1) is 18.8 Å². The highest BCUT2D eigenvalue weighted by molar-refractivity contribution is 5.76. The van der Waals surface area contributed by atoms with Gasteiger partial charge in [-0.1, -0.05) is 256 Å². The summed E-state index contributed by atoms with van der Waals surface area (Å²) in [5.41, 5.74) is 0. The fourth-order valence-electron chi connectivity index (χ4n) is 8.00. The lowest BCUT2D eigenvalue weighted by Crippen LogP contribution is -2.45. The highest BCUT2D eigenvalue weighted by Gasteiger charge is 2.18. The van der Waals surface area contributed by atoms with E-state index in [0.717, 1.165) is 25.7 Å². The molecule has 0 aliphatic carbocycles. The van der Waals surface area contributed by atoms with Crippen LogP contribution in [0.4, 0.5) is 0 Å². The molecule has 2 unspecified atom stereocenters. The van der Waals surface area contributed by atoms with Crippen molar-refractivity contribution in [1.29, 1.82) is 0 Å². The van der Waals surface area contributed by atoms with Crippen molar-refractivity contribution in [3.8, 4) is 0 Å². The Hall–Kier alpha value is -1.13. The van der Waals surface area contributed by atoms with Crippen molar-refractivity contribution in [2.75, 3.05) is 6.61 Å². The molecule has 1 amide bonds. The molecule has 0 spiro atoms. The average Bonchev–Trinajstić information content (AvgIpc) is 3.20. The van der Waals surface area contributed by atoms with Crippen LogP contribution in [-0.4, -0.2) is 34.9 Å². The van der Waals surface area contributed by atoms with Gasteiger partial charge in [0.15, 0.2) is 0 Å². The summed E-state index contributed by atoms with van der Waals surface area (Å²) in [6, 6.07) is -0.618. The van der Waals surface area contributed by atoms with Crippen LogP contribution in [0.3, 0.4) is 0 Å². The fourth-order valence-corrected chi connectivity index (χ4v) is 8.00. The van der Waals surface area contributed by atoms with Gasteiger partial charge >= 0.3 is 0 Å². The van der Waals surface area contributed by atoms with E-state index in [-0.39, 0.29) is 12.5 Å². The molecule has 0 heterocycles. The highest BCUT2D eigenvalue weighted by atomic mass is 16.3. The third-order valence-electron chi connectivity index (χ3n) is 11.9. The molecule has 4 heteroatoms. The lowest BCUT2D eigenvalue weighted by Gasteiger charge is -2.20. The normalized spacial score (nSPS) is 13.0. The van der Waals surface area contributed by atoms with Gasteiger partial charge in [-0.05, 0) is 44.9 Å². The number of unbranched alkanes of at least 4 members (excludes halogenated alkanes) is 38. The second-order valence-corrected chi connectivity index (χ2v) is 17.6. The molecule has 3 N–H and O–H groups in total. The zero-order valence-electron chi connectivity index (χ0n) is 38.2. The van der Waals surface area contributed by atoms with E-state index in [2.05, 4.69) is 31.3 Å². The first-order valence-corrected chi connectivity index (χ1v) is 25.6. The first-order valence-electron chi connectivity index (χ1n) is 25.6. The van der Waals surface area contributed by atoms with Gasteiger partial charge in [-0.3, -0.25) is 4.79 Å². The Morgan fingerprint density at radius 3 is 0.982 bits per heavy atom. The molecule has 0 aliphatic rings. The largest absolute Gasteiger partial charge is 0.394 e. The molecule has 0 saturated heterocycles. The zero-order valence-corrected chi connectivity index (χ0v) is 38.2. The van der Waals surface area contributed by atoms with E-state index in [0.29, 0.717) is 6.42 Å². The number of hydrogen-bond acceptors (Lipinski definition) is 3. The van der Waals surface area contributed by atoms with Gasteiger partial charge in [0, 0.05) is 6.42 Å². The number of hydrogen-bond donors (Lipinski definition) is 3. The van der Waals surface area contributed by atoms with Gasteiger partial charge in [-0.2, -0.15) is 0 Å². The van der Waals surface area contributed by atoms with E-state index in [4.69, 9.17) is 0 Å². The predicted octanol–water partition coefficient (Wildman–Crippen LogP) is 16.4. The third kappa shape index (κ3) is 44.0. The van der Waals surface area contributed by atoms with Crippen molar-refractivity contribution in [3.63, 3.8) is 0 Å². The number of allylic oxidation sites excluding steroid dienone is 3. The van der Waals surface area contributed by atoms with E-state index in [9.17, 15) is 15.0 Å². The maximum Gasteiger partial charge on any atom is 0.220 e. The van der Waals surface area contributed by atoms with Crippen LogP contribution in [0.25, 0.3) is 0 Å². The number of aliphatic hydroxyl groups excluding tert-OH is 2. The lowest BCUT2D eigenvalue weighted by atomic mass is 10.0. The summed E-state index contributed by atoms with van der Waals surface area (Å²) >= 11 is 0. The Balaban J connectivity index is 3.45. The summed E-state index contributed by atoms with van der Waals surface area (Å²) in [6.07, 6.45) is 63.2. The summed E-state index contributed by atoms with van der Waals surface area (Å²) in [7, 11) is 0. The Morgan fingerprint density at radius 2 is 0.679 bits per heavy atom. The Bertz CT molecular complexity index is 810. The summed E-state index contributed by atoms with van der Waals surface area (Å²) in [5, 5.41) is 23.1. The molecule has 0 aromatic carbocycles. The maximum absolute atomic E-state index is 12.4. The van der Waals surface area contributed by atoms with E-state index < -0.39 is 12.1 Å². The summed E-state index contributed by atoms with van der Waals surface area (Å²) in [5.74, 6) is -0.0596. The third-order valence-corrected chi connectivity index (χ3v) is 11.9. The zero-order chi connectivity index (χ0) is 40.7. The van der Waals surface area contributed by atoms with Crippen LogP contribution in [0.1, 0.15) is 284 Å². The van der Waals surface area contributed by atoms with Gasteiger partial charge in [0.25, 0.3) is 0 Å². The van der Waals surface area contributed by atoms with Gasteiger partial charge in [-0.15, -0.1) is 0 Å². The van der Waals surface area contributed by atoms with Crippen LogP contribution >= 0.6 is 0 Å². The molecule has 0 aromatic rings. The molecular weight excluding hydrogens is 687 g/mol. The molecule has 332 valence electrons. The van der Waals surface area contributed by atoms with Crippen LogP contribution in [0.2, 0.25) is 0 Å². The van der Waals surface area contributed by atoms with Crippen LogP contribution in [0.5, 0.6) is 0 Å². The number of carbonyl (C=O) groups is 1. The first kappa shape index (κ1) is 54.9. The van der Waals surface area contributed by atoms with Crippen molar-refractivity contribution < 1.29 is 15.0 Å². The van der Waals surface area contributed by atoms with E-state index in [1.54, 1.807) is 6.08 Å². The molecule has 0 bridgehead atoms. The molecule has 0 rings (SSSR count). The molecular formula is C52H101NO3. The minimum atomic E-state index is -0.835. The van der Waals surface area contributed by atoms with E-state index >= 15 is 0 Å². The van der Waals surface area contributed by atoms with E-state index in [1.165, 1.54) is 238 Å². The minimum Gasteiger partial charge on any atom is -0.394 e. The predicted molar refractivity (Wildman–Crippen MR) is 249 cm³/mol. The van der Waals surface area contributed by atoms with Gasteiger partial charge in [-0.25, -0.2) is 0 Å². The SMILES string of the molecule is CCCCCCCCCC/C=C\CCCCCCCCCCCCCCCCCCCC(=O)NC(CO)C(O)/C=C/CCCCCCCCCCCCCCC. The molecule has 4 nitrogen and oxygen atoms in total. The number of carbonyl (C=O) groups excluding carboxylic acids is 1. The molecule has 2 atom stereocenters. The first-order chi connectivity index (χ1) is 27.7. The monoisotopic (exact) mass is 788 g/mol. The number of aliphatic hydroxyl groups is 2. The molecule has 0 fully saturated rings. The van der Waals surface area contributed by atoms with Crippen LogP contribution in [0, 0.1) is 0 Å². The molecule has 0 radical (unpaired) electrons. The smallest absolute Gasteiger partial charge is 0.220 e. The highest BCUT2D eigenvalue weighted by Crippen LogP contribution is 2.16. The summed E-state index contributed by atoms with van der Waals surface area (Å²) in [4.78, 5) is 12.4. The summed E-state index contributed by atoms with van der Waals surface area (Å²) < 4.78 is 0. The van der Waals surface area contributed by atoms with Crippen LogP contribution in [0.15, 0.2) is 24.3 Å². The number of rotatable bonds is 47. The second kappa shape index (κ2) is 48.2. The standard InChI is InChI=1S/C52H101NO3/c1-3-5-7-9-11-13-15-17-19-20-21-22-23-24-25-26-27-28-29-30-31-32-34-36-38-40-42-44-46-48-52(56)53-50(49-54)51(55)47-45-43-41-39-37-35-33-18-16-14-12-10-8-6-4-2/h20-21,45,47,50-51,54-55H,3-19,22-44,46,48-49H2,1-2H3,(H,53,56)/b21-20-,47-45+. The van der Waals surface area contributed by atoms with Gasteiger partial charge in [0.2, 0.25) is 5.91 Å². The van der Waals surface area contributed by atoms with Crippen molar-refractivity contribution in [2.24, 2.45) is 0 Å². The number of amides is 1. The van der Waals surface area contributed by atoms with Crippen molar-refractivity contribution in [2.45, 2.75) is 296 Å². The van der Waals surface area contributed by atoms with Crippen molar-refractivity contribution >= 4 is 5.91 Å². The Kier molecular flexibility index (Phi) is 47.3. The molecule has 0 saturated carbocycles. The summed E-state index contributed by atoms with van der Waals surface area (Å²) in [6.45, 7) is 4.33. The number of nitrogens with one attached hydrogen (secondary N) is 1. The Labute approximate surface area is 351 Å². The lowest BCUT2D eigenvalue weighted by molar-refractivity contribution is -0.123. The second-order valence-electron chi connectivity index (χ2n) is 17.6. The van der Waals surface area contributed by atoms with Crippen molar-refractivity contribution in [3.05, 3.63) is 24.3 Å². The molecule has 0 aliphatic heterocycles. The van der Waals surface area contributed by atoms with Crippen molar-refractivity contribution in [1.82, 2.24) is 5.32 Å². The maximum atomic E-state index is 12.4. The minimum absolute atomic E-state index is 0.0596. The average molecular weight is 788 g/mol. The topological polar surface area (TPSA) is 69.6 Å². The van der Waals surface area contributed by atoms with Gasteiger partial charge < -0.3 is 15.5 Å². The van der Waals surface area contributed by atoms with E-state index in [1.807, 2.05) is 6.08 Å². The van der Waals surface area contributed by atoms with Gasteiger partial charge in [0.1, 0.15) is 0 Å². The Morgan fingerprint density at radius 1 is 0.411 bits per heavy atom. The fraction of sp³-hybridized carbons (Fsp3) is 0.904. The molecule has 0 aromatic heterocycles. The van der Waals surface area contributed by atoms with Crippen LogP contribution < -0.4 is 5.32 Å².